The fourth-order valence-electron chi connectivity index (χ4n) is 5.74. The Morgan fingerprint density at radius 2 is 1.89 bits per heavy atom. The molecular formula is C30H35F2N4O7PS. The second-order valence-corrected chi connectivity index (χ2v) is 13.9. The molecule has 3 atom stereocenters. The molecule has 11 nitrogen and oxygen atoms in total. The molecule has 5 rings (SSSR count). The van der Waals surface area contributed by atoms with Gasteiger partial charge in [0.1, 0.15) is 18.2 Å². The van der Waals surface area contributed by atoms with Crippen molar-refractivity contribution in [2.45, 2.75) is 49.5 Å². The number of nitrogens with two attached hydrogens (primary N) is 1. The van der Waals surface area contributed by atoms with E-state index in [4.69, 9.17) is 20.3 Å². The molecule has 45 heavy (non-hydrogen) atoms. The zero-order chi connectivity index (χ0) is 32.4. The van der Waals surface area contributed by atoms with Crippen molar-refractivity contribution < 1.29 is 42.3 Å². The molecule has 1 aromatic heterocycles. The van der Waals surface area contributed by atoms with Crippen LogP contribution in [0.5, 0.6) is 0 Å². The Kier molecular flexibility index (Phi) is 10.0. The first-order valence-electron chi connectivity index (χ1n) is 14.6. The molecule has 5 N–H and O–H groups in total. The summed E-state index contributed by atoms with van der Waals surface area (Å²) in [6.45, 7) is 1.77. The summed E-state index contributed by atoms with van der Waals surface area (Å²) in [5.41, 5.74) is 1.42. The number of rotatable bonds is 10. The summed E-state index contributed by atoms with van der Waals surface area (Å²) in [4.78, 5) is 62.4. The lowest BCUT2D eigenvalue weighted by Crippen LogP contribution is -2.55. The third kappa shape index (κ3) is 7.11. The second kappa shape index (κ2) is 13.6. The van der Waals surface area contributed by atoms with Crippen molar-refractivity contribution in [2.75, 3.05) is 32.8 Å². The van der Waals surface area contributed by atoms with Gasteiger partial charge in [-0.1, -0.05) is 36.4 Å². The van der Waals surface area contributed by atoms with Crippen LogP contribution in [0, 0.1) is 0 Å². The van der Waals surface area contributed by atoms with Gasteiger partial charge in [0, 0.05) is 23.4 Å². The van der Waals surface area contributed by atoms with Gasteiger partial charge in [-0.05, 0) is 61.4 Å². The first-order chi connectivity index (χ1) is 21.4. The Morgan fingerprint density at radius 3 is 2.60 bits per heavy atom. The minimum absolute atomic E-state index is 0.126. The van der Waals surface area contributed by atoms with Crippen molar-refractivity contribution in [1.82, 2.24) is 15.1 Å². The molecule has 2 aromatic carbocycles. The number of fused-ring (bicyclic) bond motifs is 1. The molecule has 2 fully saturated rings. The molecule has 0 aliphatic carbocycles. The predicted molar refractivity (Wildman–Crippen MR) is 164 cm³/mol. The Hall–Kier alpha value is -3.26. The zero-order valence-corrected chi connectivity index (χ0v) is 26.0. The average Bonchev–Trinajstić information content (AvgIpc) is 3.70. The van der Waals surface area contributed by atoms with E-state index >= 15 is 0 Å². The predicted octanol–water partition coefficient (Wildman–Crippen LogP) is 3.56. The summed E-state index contributed by atoms with van der Waals surface area (Å²) in [7, 11) is -5.77. The first-order valence-corrected chi connectivity index (χ1v) is 17.1. The first kappa shape index (κ1) is 33.1. The maximum absolute atomic E-state index is 14.3. The maximum atomic E-state index is 14.3. The summed E-state index contributed by atoms with van der Waals surface area (Å²) >= 11 is 0.991. The van der Waals surface area contributed by atoms with Gasteiger partial charge in [0.15, 0.2) is 0 Å². The average molecular weight is 665 g/mol. The number of likely N-dealkylation sites (tertiary alicyclic amines) is 1. The summed E-state index contributed by atoms with van der Waals surface area (Å²) in [5, 5.41) is 2.95. The minimum Gasteiger partial charge on any atom is -0.370 e. The molecular weight excluding hydrogens is 629 g/mol. The monoisotopic (exact) mass is 664 g/mol. The zero-order valence-electron chi connectivity index (χ0n) is 24.3. The van der Waals surface area contributed by atoms with E-state index in [0.29, 0.717) is 50.2 Å². The van der Waals surface area contributed by atoms with E-state index in [1.165, 1.54) is 17.0 Å². The Bertz CT molecular complexity index is 1600. The van der Waals surface area contributed by atoms with Crippen LogP contribution in [0.3, 0.4) is 0 Å². The third-order valence-corrected chi connectivity index (χ3v) is 10.2. The maximum Gasteiger partial charge on any atom is 0.399 e. The highest BCUT2D eigenvalue weighted by molar-refractivity contribution is 7.52. The van der Waals surface area contributed by atoms with Crippen LogP contribution in [0.4, 0.5) is 8.78 Å². The Labute approximate surface area is 262 Å². The summed E-state index contributed by atoms with van der Waals surface area (Å²) in [6.07, 6.45) is 1.51. The van der Waals surface area contributed by atoms with Gasteiger partial charge in [-0.2, -0.15) is 8.78 Å². The number of nitrogens with one attached hydrogen (secondary N) is 1. The van der Waals surface area contributed by atoms with Gasteiger partial charge in [-0.15, -0.1) is 11.3 Å². The van der Waals surface area contributed by atoms with Crippen LogP contribution in [-0.2, 0) is 24.6 Å². The largest absolute Gasteiger partial charge is 0.399 e. The highest BCUT2D eigenvalue weighted by Crippen LogP contribution is 2.59. The fourth-order valence-corrected chi connectivity index (χ4v) is 7.16. The van der Waals surface area contributed by atoms with E-state index in [-0.39, 0.29) is 35.2 Å². The SMILES string of the molecule is NCCCC(NC(=O)c1cc2cc(C(F)(F)P(=O)(O)O)ccc2s1)C(=O)N1CCCC1C(=O)N1CCOC(c2ccccc2)C1. The topological polar surface area (TPSA) is 162 Å². The third-order valence-electron chi connectivity index (χ3n) is 8.12. The lowest BCUT2D eigenvalue weighted by atomic mass is 10.1. The summed E-state index contributed by atoms with van der Waals surface area (Å²) in [6, 6.07) is 12.4. The fraction of sp³-hybridized carbons (Fsp3) is 0.433. The van der Waals surface area contributed by atoms with Crippen LogP contribution in [-0.4, -0.2) is 82.2 Å². The molecule has 2 saturated heterocycles. The van der Waals surface area contributed by atoms with Crippen LogP contribution in [0.15, 0.2) is 54.6 Å². The van der Waals surface area contributed by atoms with Crippen molar-refractivity contribution >= 4 is 46.7 Å². The number of amides is 3. The van der Waals surface area contributed by atoms with Crippen LogP contribution >= 0.6 is 18.9 Å². The highest BCUT2D eigenvalue weighted by Gasteiger charge is 2.50. The molecule has 3 unspecified atom stereocenters. The Morgan fingerprint density at radius 1 is 1.13 bits per heavy atom. The molecule has 242 valence electrons. The number of carbonyl (C=O) groups excluding carboxylic acids is 3. The standard InChI is InChI=1S/C30H35F2N4O7PS/c31-30(32,44(40,41)42)21-10-11-25-20(16-21)17-26(45-25)27(37)34-22(8-4-12-33)28(38)36-13-5-9-23(36)29(39)35-14-15-43-24(18-35)19-6-2-1-3-7-19/h1-3,6-7,10-11,16-17,22-24H,4-5,8-9,12-15,18,33H2,(H,34,37)(H2,40,41,42). The van der Waals surface area contributed by atoms with Gasteiger partial charge >= 0.3 is 13.3 Å². The highest BCUT2D eigenvalue weighted by atomic mass is 32.1. The van der Waals surface area contributed by atoms with E-state index in [9.17, 15) is 27.7 Å². The molecule has 3 heterocycles. The molecule has 0 radical (unpaired) electrons. The van der Waals surface area contributed by atoms with Crippen molar-refractivity contribution in [3.63, 3.8) is 0 Å². The number of ether oxygens (including phenoxy) is 1. The van der Waals surface area contributed by atoms with Crippen LogP contribution in [0.1, 0.15) is 52.6 Å². The smallest absolute Gasteiger partial charge is 0.370 e. The number of carbonyl (C=O) groups is 3. The number of hydrogen-bond acceptors (Lipinski definition) is 7. The number of alkyl halides is 2. The van der Waals surface area contributed by atoms with Gasteiger partial charge < -0.3 is 35.4 Å². The van der Waals surface area contributed by atoms with Crippen molar-refractivity contribution in [1.29, 1.82) is 0 Å². The molecule has 3 aromatic rings. The van der Waals surface area contributed by atoms with Gasteiger partial charge in [0.2, 0.25) is 11.8 Å². The van der Waals surface area contributed by atoms with Crippen molar-refractivity contribution in [3.8, 4) is 0 Å². The van der Waals surface area contributed by atoms with Crippen molar-refractivity contribution in [3.05, 3.63) is 70.6 Å². The van der Waals surface area contributed by atoms with Gasteiger partial charge in [-0.3, -0.25) is 18.9 Å². The van der Waals surface area contributed by atoms with Gasteiger partial charge in [-0.25, -0.2) is 0 Å². The second-order valence-electron chi connectivity index (χ2n) is 11.1. The van der Waals surface area contributed by atoms with Gasteiger partial charge in [0.25, 0.3) is 5.91 Å². The van der Waals surface area contributed by atoms with E-state index in [1.807, 2.05) is 30.3 Å². The minimum atomic E-state index is -5.77. The van der Waals surface area contributed by atoms with Crippen LogP contribution < -0.4 is 11.1 Å². The van der Waals surface area contributed by atoms with Gasteiger partial charge in [0.05, 0.1) is 18.0 Å². The molecule has 2 aliphatic heterocycles. The van der Waals surface area contributed by atoms with Crippen LogP contribution in [0.2, 0.25) is 0 Å². The van der Waals surface area contributed by atoms with E-state index in [0.717, 1.165) is 29.0 Å². The molecule has 3 amide bonds. The number of hydrogen-bond donors (Lipinski definition) is 4. The summed E-state index contributed by atoms with van der Waals surface area (Å²) in [5.74, 6) is -1.18. The number of halogens is 2. The van der Waals surface area contributed by atoms with E-state index < -0.39 is 42.7 Å². The lowest BCUT2D eigenvalue weighted by molar-refractivity contribution is -0.149. The number of nitrogens with zero attached hydrogens (tertiary/aromatic N) is 2. The molecule has 15 heteroatoms. The number of morpholine rings is 1. The number of benzene rings is 2. The number of thiophene rings is 1. The molecule has 0 spiro atoms. The Balaban J connectivity index is 1.30. The lowest BCUT2D eigenvalue weighted by Gasteiger charge is -2.37. The quantitative estimate of drug-likeness (QED) is 0.239. The van der Waals surface area contributed by atoms with Crippen molar-refractivity contribution in [2.24, 2.45) is 5.73 Å². The van der Waals surface area contributed by atoms with E-state index in [2.05, 4.69) is 5.32 Å². The summed E-state index contributed by atoms with van der Waals surface area (Å²) < 4.78 is 46.2. The van der Waals surface area contributed by atoms with E-state index in [1.54, 1.807) is 4.90 Å². The molecule has 0 bridgehead atoms. The normalized spacial score (nSPS) is 19.9. The van der Waals surface area contributed by atoms with Crippen LogP contribution in [0.25, 0.3) is 10.1 Å². The molecule has 2 aliphatic rings. The molecule has 0 saturated carbocycles.